The lowest BCUT2D eigenvalue weighted by Crippen LogP contribution is -2.54. The van der Waals surface area contributed by atoms with Crippen molar-refractivity contribution in [3.63, 3.8) is 0 Å². The zero-order valence-electron chi connectivity index (χ0n) is 40.8. The second-order valence-corrected chi connectivity index (χ2v) is 22.8. The van der Waals surface area contributed by atoms with Crippen LogP contribution in [0.15, 0.2) is 84.1 Å². The molecule has 1 saturated heterocycles. The van der Waals surface area contributed by atoms with Gasteiger partial charge in [0.1, 0.15) is 30.3 Å². The third kappa shape index (κ3) is 10.2. The smallest absolute Gasteiger partial charge is 0.264 e. The highest BCUT2D eigenvalue weighted by Gasteiger charge is 2.45. The summed E-state index contributed by atoms with van der Waals surface area (Å²) in [5.41, 5.74) is 8.40. The van der Waals surface area contributed by atoms with Crippen LogP contribution in [0.5, 0.6) is 5.75 Å². The molecule has 3 aliphatic rings. The number of methoxy groups -OCH3 is 1. The zero-order chi connectivity index (χ0) is 51.0. The van der Waals surface area contributed by atoms with Crippen molar-refractivity contribution < 1.29 is 28.5 Å². The molecule has 1 atom stereocenters. The van der Waals surface area contributed by atoms with Crippen molar-refractivity contribution in [3.05, 3.63) is 107 Å². The minimum absolute atomic E-state index is 0.0799. The molecule has 4 amide bonds. The van der Waals surface area contributed by atoms with Gasteiger partial charge in [-0.1, -0.05) is 31.7 Å². The second kappa shape index (κ2) is 20.6. The molecular weight excluding hydrogens is 1020 g/mol. The van der Waals surface area contributed by atoms with E-state index in [0.29, 0.717) is 61.9 Å². The number of hydrogen-bond donors (Lipinski definition) is 4. The van der Waals surface area contributed by atoms with Crippen LogP contribution in [0, 0.1) is 0 Å². The van der Waals surface area contributed by atoms with Gasteiger partial charge in [-0.2, -0.15) is 15.2 Å². The normalized spacial score (nSPS) is 15.7. The van der Waals surface area contributed by atoms with Crippen LogP contribution < -0.4 is 31.3 Å². The van der Waals surface area contributed by atoms with Gasteiger partial charge in [-0.3, -0.25) is 48.9 Å². The molecule has 4 N–H and O–H groups in total. The Bertz CT molecular complexity index is 3350. The molecule has 376 valence electrons. The number of aryl methyl sites for hydroxylation is 1. The number of anilines is 5. The lowest BCUT2D eigenvalue weighted by molar-refractivity contribution is -0.136. The molecule has 22 heteroatoms. The number of rotatable bonds is 19. The van der Waals surface area contributed by atoms with E-state index in [1.54, 1.807) is 61.9 Å². The first-order valence-corrected chi connectivity index (χ1v) is 27.6. The molecule has 0 saturated carbocycles. The second-order valence-electron chi connectivity index (χ2n) is 18.8. The van der Waals surface area contributed by atoms with Crippen molar-refractivity contribution in [2.75, 3.05) is 49.5 Å². The Balaban J connectivity index is 0.735. The minimum atomic E-state index is -2.82. The van der Waals surface area contributed by atoms with E-state index in [4.69, 9.17) is 14.8 Å². The van der Waals surface area contributed by atoms with Crippen molar-refractivity contribution in [1.82, 2.24) is 54.6 Å². The third-order valence-corrected chi connectivity index (χ3v) is 15.4. The van der Waals surface area contributed by atoms with E-state index in [-0.39, 0.29) is 24.0 Å². The molecule has 20 nitrogen and oxygen atoms in total. The summed E-state index contributed by atoms with van der Waals surface area (Å²) in [6.07, 6.45) is 17.2. The Kier molecular flexibility index (Phi) is 13.9. The van der Waals surface area contributed by atoms with Gasteiger partial charge in [0.2, 0.25) is 17.8 Å². The molecule has 3 aliphatic heterocycles. The number of nitrogens with zero attached hydrogens (tertiary/aromatic N) is 10. The fraction of sp³-hybridized carbons (Fsp3) is 0.333. The molecule has 7 aromatic rings. The van der Waals surface area contributed by atoms with Crippen molar-refractivity contribution in [2.24, 2.45) is 7.05 Å². The third-order valence-electron chi connectivity index (χ3n) is 13.3. The maximum Gasteiger partial charge on any atom is 0.264 e. The van der Waals surface area contributed by atoms with E-state index in [2.05, 4.69) is 68.3 Å². The maximum absolute atomic E-state index is 13.6. The highest BCUT2D eigenvalue weighted by Crippen LogP contribution is 2.42. The largest absolute Gasteiger partial charge is 0.494 e. The number of carbonyl (C=O) groups excluding carboxylic acids is 4. The number of unbranched alkanes of at least 4 members (excludes halogenated alkanes) is 5. The summed E-state index contributed by atoms with van der Waals surface area (Å²) in [7, 11) is 0.677. The number of carbonyl (C=O) groups is 4. The number of nitrogens with one attached hydrogen (secondary N) is 4. The summed E-state index contributed by atoms with van der Waals surface area (Å²) >= 11 is 3.59. The van der Waals surface area contributed by atoms with Gasteiger partial charge in [-0.15, -0.1) is 0 Å². The topological polar surface area (TPSA) is 236 Å². The fourth-order valence-corrected chi connectivity index (χ4v) is 11.5. The quantitative estimate of drug-likeness (QED) is 0.0345. The summed E-state index contributed by atoms with van der Waals surface area (Å²) in [5.74, 6) is -0.725. The molecule has 0 radical (unpaired) electrons. The predicted octanol–water partition coefficient (Wildman–Crippen LogP) is 7.68. The first-order valence-electron chi connectivity index (χ1n) is 24.2. The Morgan fingerprint density at radius 1 is 0.863 bits per heavy atom. The van der Waals surface area contributed by atoms with Gasteiger partial charge in [0.25, 0.3) is 11.8 Å². The molecular formula is C51H54BrN14O6P. The summed E-state index contributed by atoms with van der Waals surface area (Å²) in [4.78, 5) is 72.5. The molecule has 1 unspecified atom stereocenters. The Morgan fingerprint density at radius 2 is 1.67 bits per heavy atom. The summed E-state index contributed by atoms with van der Waals surface area (Å²) in [6, 6.07) is 11.8. The highest BCUT2D eigenvalue weighted by molar-refractivity contribution is 9.10. The number of amides is 4. The van der Waals surface area contributed by atoms with E-state index in [1.807, 2.05) is 48.4 Å². The van der Waals surface area contributed by atoms with Crippen LogP contribution >= 0.6 is 23.1 Å². The van der Waals surface area contributed by atoms with E-state index in [1.165, 1.54) is 5.56 Å². The Hall–Kier alpha value is -7.35. The summed E-state index contributed by atoms with van der Waals surface area (Å²) in [6.45, 7) is 6.60. The molecule has 0 bridgehead atoms. The molecule has 0 spiro atoms. The van der Waals surface area contributed by atoms with Crippen LogP contribution in [0.25, 0.3) is 27.8 Å². The van der Waals surface area contributed by atoms with Crippen LogP contribution in [-0.4, -0.2) is 112 Å². The predicted molar refractivity (Wildman–Crippen MR) is 281 cm³/mol. The van der Waals surface area contributed by atoms with Crippen LogP contribution in [0.4, 0.5) is 28.8 Å². The lowest BCUT2D eigenvalue weighted by atomic mass is 10.0. The number of fused-ring (bicyclic) bond motifs is 3. The van der Waals surface area contributed by atoms with Crippen LogP contribution in [-0.2, 0) is 34.3 Å². The number of benzene rings is 3. The molecule has 1 fully saturated rings. The number of aromatic nitrogens is 8. The van der Waals surface area contributed by atoms with Gasteiger partial charge in [0.15, 0.2) is 0 Å². The van der Waals surface area contributed by atoms with Crippen molar-refractivity contribution >= 4 is 91.9 Å². The first-order chi connectivity index (χ1) is 35.2. The molecule has 4 aromatic heterocycles. The average molecular weight is 1070 g/mol. The highest BCUT2D eigenvalue weighted by atomic mass is 79.9. The standard InChI is InChI=1S/C51H54BrN14O6P/c1-63-26-30(24-57-63)33-22-38(59-51-56-25-34(52)47(61-51)58-37-15-14-36-45(55-20-19-54-36)46(37)73(3,4)71)42(72-2)23-41(33)65-28-31-27-64(29-39(31)62-65)21-10-8-6-5-7-9-18-53-35-13-11-12-32-44(35)50(70)66(49(32)69)40-16-17-43(67)60-48(40)68/h11-15,19-20,22-26,28,40,53H,5-10,16-18,21,27,29H2,1-4H3,(H,60,67,68)(H2,56,58,59,61). The SMILES string of the molecule is COc1cc(-n2cc3c(n2)CN(CCCCCCCCNc2cccc4c2C(=O)N(C2CCC(=O)NC2=O)C4=O)C3)c(-c2cnn(C)c2)cc1Nc1ncc(Br)c(Nc2ccc3nccnc3c2P(C)(C)=O)n1. The first kappa shape index (κ1) is 49.2. The Morgan fingerprint density at radius 3 is 2.44 bits per heavy atom. The lowest BCUT2D eigenvalue weighted by Gasteiger charge is -2.27. The van der Waals surface area contributed by atoms with Gasteiger partial charge in [0.05, 0.1) is 62.5 Å². The van der Waals surface area contributed by atoms with Gasteiger partial charge in [0, 0.05) is 92.5 Å². The molecule has 7 heterocycles. The number of ether oxygens (including phenoxy) is 1. The number of hydrogen-bond acceptors (Lipinski definition) is 16. The zero-order valence-corrected chi connectivity index (χ0v) is 43.3. The fourth-order valence-electron chi connectivity index (χ4n) is 9.80. The summed E-state index contributed by atoms with van der Waals surface area (Å²) in [5, 5.41) is 22.5. The van der Waals surface area contributed by atoms with E-state index in [0.717, 1.165) is 85.6 Å². The molecule has 10 rings (SSSR count). The van der Waals surface area contributed by atoms with Gasteiger partial charge in [-0.25, -0.2) is 9.67 Å². The van der Waals surface area contributed by atoms with Crippen LogP contribution in [0.1, 0.15) is 83.3 Å². The average Bonchev–Trinajstić information content (AvgIpc) is 4.14. The van der Waals surface area contributed by atoms with Crippen molar-refractivity contribution in [3.8, 4) is 22.6 Å². The van der Waals surface area contributed by atoms with Gasteiger partial charge in [-0.05, 0) is 85.4 Å². The summed E-state index contributed by atoms with van der Waals surface area (Å²) < 4.78 is 23.9. The van der Waals surface area contributed by atoms with E-state index < -0.39 is 36.8 Å². The van der Waals surface area contributed by atoms with Crippen LogP contribution in [0.2, 0.25) is 0 Å². The van der Waals surface area contributed by atoms with E-state index in [9.17, 15) is 23.7 Å². The molecule has 3 aromatic carbocycles. The Labute approximate surface area is 429 Å². The van der Waals surface area contributed by atoms with E-state index >= 15 is 0 Å². The maximum atomic E-state index is 13.6. The van der Waals surface area contributed by atoms with Gasteiger partial charge >= 0.3 is 0 Å². The van der Waals surface area contributed by atoms with Gasteiger partial charge < -0.3 is 25.3 Å². The number of halogens is 1. The van der Waals surface area contributed by atoms with Crippen LogP contribution in [0.3, 0.4) is 0 Å². The number of imide groups is 2. The number of piperidine rings is 1. The monoisotopic (exact) mass is 1070 g/mol. The van der Waals surface area contributed by atoms with Crippen molar-refractivity contribution in [1.29, 1.82) is 0 Å². The van der Waals surface area contributed by atoms with Crippen molar-refractivity contribution in [2.45, 2.75) is 70.5 Å². The molecule has 73 heavy (non-hydrogen) atoms. The minimum Gasteiger partial charge on any atom is -0.494 e. The molecule has 0 aliphatic carbocycles.